The van der Waals surface area contributed by atoms with Crippen LogP contribution in [0.4, 0.5) is 5.69 Å². The number of amides is 1. The fraction of sp³-hybridized carbons (Fsp3) is 0.130. The van der Waals surface area contributed by atoms with Gasteiger partial charge in [0, 0.05) is 22.5 Å². The van der Waals surface area contributed by atoms with Gasteiger partial charge in [-0.2, -0.15) is 5.26 Å². The van der Waals surface area contributed by atoms with E-state index in [0.29, 0.717) is 29.4 Å². The molecular formula is C23H18N2O4. The van der Waals surface area contributed by atoms with Crippen molar-refractivity contribution in [1.82, 2.24) is 0 Å². The number of rotatable bonds is 6. The Labute approximate surface area is 167 Å². The van der Waals surface area contributed by atoms with Gasteiger partial charge in [-0.3, -0.25) is 4.79 Å². The van der Waals surface area contributed by atoms with Crippen LogP contribution < -0.4 is 14.8 Å². The van der Waals surface area contributed by atoms with Gasteiger partial charge >= 0.3 is 0 Å². The van der Waals surface area contributed by atoms with E-state index in [9.17, 15) is 4.79 Å². The maximum atomic E-state index is 12.4. The van der Waals surface area contributed by atoms with E-state index in [1.807, 2.05) is 43.3 Å². The quantitative estimate of drug-likeness (QED) is 0.511. The molecule has 0 fully saturated rings. The highest BCUT2D eigenvalue weighted by molar-refractivity contribution is 6.07. The topological polar surface area (TPSA) is 84.5 Å². The van der Waals surface area contributed by atoms with E-state index < -0.39 is 0 Å². The van der Waals surface area contributed by atoms with Crippen molar-refractivity contribution in [3.05, 3.63) is 66.2 Å². The van der Waals surface area contributed by atoms with Crippen molar-refractivity contribution >= 4 is 33.5 Å². The fourth-order valence-corrected chi connectivity index (χ4v) is 3.11. The molecule has 0 unspecified atom stereocenters. The number of nitrogens with zero attached hydrogens (tertiary/aromatic N) is 1. The number of ether oxygens (including phenoxy) is 2. The predicted octanol–water partition coefficient (Wildman–Crippen LogP) is 4.87. The van der Waals surface area contributed by atoms with Crippen molar-refractivity contribution in [3.63, 3.8) is 0 Å². The average molecular weight is 386 g/mol. The lowest BCUT2D eigenvalue weighted by atomic mass is 10.1. The number of anilines is 1. The number of carbonyl (C=O) groups is 1. The molecule has 6 heteroatoms. The van der Waals surface area contributed by atoms with E-state index >= 15 is 0 Å². The maximum absolute atomic E-state index is 12.4. The van der Waals surface area contributed by atoms with E-state index in [2.05, 4.69) is 11.4 Å². The number of para-hydroxylation sites is 1. The van der Waals surface area contributed by atoms with Gasteiger partial charge in [0.15, 0.2) is 18.1 Å². The third kappa shape index (κ3) is 3.85. The largest absolute Gasteiger partial charge is 0.490 e. The SMILES string of the molecule is CCOc1cc(C#N)ccc1OCC(=O)Nc1ccc2oc3ccccc3c2c1. The number of furan rings is 1. The monoisotopic (exact) mass is 386 g/mol. The molecule has 0 aliphatic rings. The molecule has 1 N–H and O–H groups in total. The molecule has 0 radical (unpaired) electrons. The Hall–Kier alpha value is -3.98. The highest BCUT2D eigenvalue weighted by Gasteiger charge is 2.11. The zero-order valence-corrected chi connectivity index (χ0v) is 15.8. The van der Waals surface area contributed by atoms with Gasteiger partial charge in [-0.05, 0) is 43.3 Å². The molecule has 0 aliphatic carbocycles. The third-order valence-electron chi connectivity index (χ3n) is 4.39. The first-order valence-electron chi connectivity index (χ1n) is 9.19. The van der Waals surface area contributed by atoms with Crippen molar-refractivity contribution in [1.29, 1.82) is 5.26 Å². The van der Waals surface area contributed by atoms with E-state index in [-0.39, 0.29) is 12.5 Å². The first kappa shape index (κ1) is 18.4. The Morgan fingerprint density at radius 2 is 1.83 bits per heavy atom. The number of hydrogen-bond acceptors (Lipinski definition) is 5. The Morgan fingerprint density at radius 3 is 2.66 bits per heavy atom. The molecule has 1 aromatic heterocycles. The average Bonchev–Trinajstić information content (AvgIpc) is 3.11. The number of fused-ring (bicyclic) bond motifs is 3. The van der Waals surface area contributed by atoms with Crippen molar-refractivity contribution in [3.8, 4) is 17.6 Å². The van der Waals surface area contributed by atoms with Gasteiger partial charge in [0.05, 0.1) is 18.2 Å². The minimum absolute atomic E-state index is 0.184. The van der Waals surface area contributed by atoms with Gasteiger partial charge < -0.3 is 19.2 Å². The van der Waals surface area contributed by atoms with Crippen LogP contribution in [0.1, 0.15) is 12.5 Å². The zero-order chi connectivity index (χ0) is 20.2. The normalized spacial score (nSPS) is 10.6. The summed E-state index contributed by atoms with van der Waals surface area (Å²) >= 11 is 0. The molecular weight excluding hydrogens is 368 g/mol. The molecule has 144 valence electrons. The summed E-state index contributed by atoms with van der Waals surface area (Å²) in [5, 5.41) is 13.8. The molecule has 0 spiro atoms. The molecule has 0 atom stereocenters. The molecule has 1 heterocycles. The van der Waals surface area contributed by atoms with Gasteiger partial charge in [0.1, 0.15) is 11.2 Å². The Balaban J connectivity index is 1.47. The highest BCUT2D eigenvalue weighted by atomic mass is 16.5. The van der Waals surface area contributed by atoms with Gasteiger partial charge in [-0.15, -0.1) is 0 Å². The summed E-state index contributed by atoms with van der Waals surface area (Å²) in [4.78, 5) is 12.4. The summed E-state index contributed by atoms with van der Waals surface area (Å²) in [5.41, 5.74) is 2.69. The third-order valence-corrected chi connectivity index (χ3v) is 4.39. The van der Waals surface area contributed by atoms with Crippen LogP contribution in [0.2, 0.25) is 0 Å². The lowest BCUT2D eigenvalue weighted by molar-refractivity contribution is -0.118. The molecule has 0 saturated heterocycles. The Bertz CT molecular complexity index is 1240. The van der Waals surface area contributed by atoms with E-state index in [1.165, 1.54) is 0 Å². The molecule has 0 saturated carbocycles. The second kappa shape index (κ2) is 7.95. The highest BCUT2D eigenvalue weighted by Crippen LogP contribution is 2.31. The van der Waals surface area contributed by atoms with Gasteiger partial charge in [-0.1, -0.05) is 18.2 Å². The number of nitrogens with one attached hydrogen (secondary N) is 1. The standard InChI is InChI=1S/C23H18N2O4/c1-2-27-22-11-15(13-24)7-9-21(22)28-14-23(26)25-16-8-10-20-18(12-16)17-5-3-4-6-19(17)29-20/h3-12H,2,14H2,1H3,(H,25,26). The van der Waals surface area contributed by atoms with Crippen LogP contribution in [-0.4, -0.2) is 19.1 Å². The van der Waals surface area contributed by atoms with Crippen LogP contribution in [0.5, 0.6) is 11.5 Å². The molecule has 1 amide bonds. The summed E-state index contributed by atoms with van der Waals surface area (Å²) in [7, 11) is 0. The van der Waals surface area contributed by atoms with Crippen molar-refractivity contribution < 1.29 is 18.7 Å². The van der Waals surface area contributed by atoms with Crippen LogP contribution in [0, 0.1) is 11.3 Å². The number of nitriles is 1. The predicted molar refractivity (Wildman–Crippen MR) is 110 cm³/mol. The minimum Gasteiger partial charge on any atom is -0.490 e. The molecule has 0 bridgehead atoms. The Kier molecular flexibility index (Phi) is 5.04. The molecule has 29 heavy (non-hydrogen) atoms. The second-order valence-corrected chi connectivity index (χ2v) is 6.35. The van der Waals surface area contributed by atoms with Crippen molar-refractivity contribution in [2.45, 2.75) is 6.92 Å². The molecule has 4 aromatic rings. The summed E-state index contributed by atoms with van der Waals surface area (Å²) in [6.45, 7) is 2.08. The first-order valence-corrected chi connectivity index (χ1v) is 9.19. The van der Waals surface area contributed by atoms with Crippen LogP contribution in [0.15, 0.2) is 65.1 Å². The minimum atomic E-state index is -0.302. The fourth-order valence-electron chi connectivity index (χ4n) is 3.11. The number of benzene rings is 3. The van der Waals surface area contributed by atoms with E-state index in [4.69, 9.17) is 19.2 Å². The first-order chi connectivity index (χ1) is 14.2. The van der Waals surface area contributed by atoms with Crippen LogP contribution in [0.25, 0.3) is 21.9 Å². The zero-order valence-electron chi connectivity index (χ0n) is 15.8. The summed E-state index contributed by atoms with van der Waals surface area (Å²) in [5.74, 6) is 0.548. The van der Waals surface area contributed by atoms with Crippen LogP contribution in [0.3, 0.4) is 0 Å². The van der Waals surface area contributed by atoms with Crippen LogP contribution >= 0.6 is 0 Å². The van der Waals surface area contributed by atoms with Crippen molar-refractivity contribution in [2.24, 2.45) is 0 Å². The lowest BCUT2D eigenvalue weighted by Gasteiger charge is -2.12. The van der Waals surface area contributed by atoms with Crippen molar-refractivity contribution in [2.75, 3.05) is 18.5 Å². The smallest absolute Gasteiger partial charge is 0.262 e. The summed E-state index contributed by atoms with van der Waals surface area (Å²) in [6.07, 6.45) is 0. The van der Waals surface area contributed by atoms with Crippen LogP contribution in [-0.2, 0) is 4.79 Å². The van der Waals surface area contributed by atoms with E-state index in [1.54, 1.807) is 24.3 Å². The summed E-state index contributed by atoms with van der Waals surface area (Å²) < 4.78 is 16.9. The molecule has 4 rings (SSSR count). The maximum Gasteiger partial charge on any atom is 0.262 e. The van der Waals surface area contributed by atoms with Gasteiger partial charge in [-0.25, -0.2) is 0 Å². The second-order valence-electron chi connectivity index (χ2n) is 6.35. The molecule has 3 aromatic carbocycles. The Morgan fingerprint density at radius 1 is 1.00 bits per heavy atom. The van der Waals surface area contributed by atoms with Gasteiger partial charge in [0.25, 0.3) is 5.91 Å². The number of carbonyl (C=O) groups excluding carboxylic acids is 1. The summed E-state index contributed by atoms with van der Waals surface area (Å²) in [6, 6.07) is 20.2. The van der Waals surface area contributed by atoms with E-state index in [0.717, 1.165) is 21.9 Å². The molecule has 6 nitrogen and oxygen atoms in total. The lowest BCUT2D eigenvalue weighted by Crippen LogP contribution is -2.20. The number of hydrogen-bond donors (Lipinski definition) is 1. The molecule has 0 aliphatic heterocycles. The van der Waals surface area contributed by atoms with Gasteiger partial charge in [0.2, 0.25) is 0 Å².